The van der Waals surface area contributed by atoms with Gasteiger partial charge in [-0.3, -0.25) is 9.47 Å². The Morgan fingerprint density at radius 3 is 2.58 bits per heavy atom. The van der Waals surface area contributed by atoms with Crippen LogP contribution in [0.4, 0.5) is 0 Å². The third-order valence-corrected chi connectivity index (χ3v) is 6.08. The molecule has 0 N–H and O–H groups in total. The van der Waals surface area contributed by atoms with E-state index < -0.39 is 0 Å². The largest absolute Gasteiger partial charge is 0.496 e. The molecule has 172 valence electrons. The summed E-state index contributed by atoms with van der Waals surface area (Å²) < 4.78 is 14.2. The summed E-state index contributed by atoms with van der Waals surface area (Å²) >= 11 is 0. The van der Waals surface area contributed by atoms with Gasteiger partial charge in [0.25, 0.3) is 0 Å². The van der Waals surface area contributed by atoms with Gasteiger partial charge in [0.1, 0.15) is 17.7 Å². The molecule has 0 radical (unpaired) electrons. The SMILES string of the molecule is COc1ccc(Cn2c(=O)n3ncnc3c3cc(CN4CC(C)OC(C)C4)cnc32)cc1C. The van der Waals surface area contributed by atoms with Gasteiger partial charge in [0.2, 0.25) is 0 Å². The summed E-state index contributed by atoms with van der Waals surface area (Å²) in [5, 5.41) is 4.99. The average molecular weight is 449 g/mol. The van der Waals surface area contributed by atoms with Crippen LogP contribution in [0, 0.1) is 6.92 Å². The molecule has 1 fully saturated rings. The number of aromatic nitrogens is 5. The molecule has 0 amide bonds. The normalized spacial score (nSPS) is 19.4. The minimum Gasteiger partial charge on any atom is -0.496 e. The highest BCUT2D eigenvalue weighted by Crippen LogP contribution is 2.22. The highest BCUT2D eigenvalue weighted by molar-refractivity contribution is 5.89. The standard InChI is InChI=1S/C24H28N6O3/c1-15-7-18(5-6-21(15)32-4)13-29-22-20(23-26-14-27-30(23)24(29)31)8-19(9-25-22)12-28-10-16(2)33-17(3)11-28/h5-9,14,16-17H,10-13H2,1-4H3. The molecule has 0 spiro atoms. The molecule has 33 heavy (non-hydrogen) atoms. The van der Waals surface area contributed by atoms with Crippen molar-refractivity contribution in [2.75, 3.05) is 20.2 Å². The number of hydrogen-bond donors (Lipinski definition) is 0. The van der Waals surface area contributed by atoms with Crippen LogP contribution >= 0.6 is 0 Å². The molecule has 2 atom stereocenters. The Kier molecular flexibility index (Phi) is 5.59. The van der Waals surface area contributed by atoms with E-state index in [-0.39, 0.29) is 17.9 Å². The summed E-state index contributed by atoms with van der Waals surface area (Å²) in [5.74, 6) is 0.817. The molecule has 0 aliphatic carbocycles. The van der Waals surface area contributed by atoms with Crippen molar-refractivity contribution in [2.45, 2.75) is 46.1 Å². The number of fused-ring (bicyclic) bond motifs is 3. The molecule has 1 saturated heterocycles. The number of rotatable bonds is 5. The number of hydrogen-bond acceptors (Lipinski definition) is 7. The van der Waals surface area contributed by atoms with Gasteiger partial charge in [0.15, 0.2) is 5.65 Å². The fraction of sp³-hybridized carbons (Fsp3) is 0.417. The Morgan fingerprint density at radius 1 is 1.06 bits per heavy atom. The van der Waals surface area contributed by atoms with E-state index in [1.807, 2.05) is 31.3 Å². The van der Waals surface area contributed by atoms with E-state index in [0.29, 0.717) is 17.8 Å². The van der Waals surface area contributed by atoms with Gasteiger partial charge in [-0.25, -0.2) is 14.8 Å². The number of morpholine rings is 1. The van der Waals surface area contributed by atoms with Crippen LogP contribution in [0.2, 0.25) is 0 Å². The molecule has 1 aliphatic rings. The maximum Gasteiger partial charge on any atom is 0.352 e. The molecule has 0 bridgehead atoms. The second-order valence-corrected chi connectivity index (χ2v) is 8.83. The molecule has 0 saturated carbocycles. The average Bonchev–Trinajstić information content (AvgIpc) is 3.27. The van der Waals surface area contributed by atoms with Gasteiger partial charge in [-0.05, 0) is 49.6 Å². The predicted molar refractivity (Wildman–Crippen MR) is 125 cm³/mol. The first kappa shape index (κ1) is 21.5. The summed E-state index contributed by atoms with van der Waals surface area (Å²) in [6, 6.07) is 7.98. The van der Waals surface area contributed by atoms with Crippen molar-refractivity contribution in [3.8, 4) is 5.75 Å². The highest BCUT2D eigenvalue weighted by Gasteiger charge is 2.23. The molecule has 1 aliphatic heterocycles. The molecule has 9 heteroatoms. The van der Waals surface area contributed by atoms with Crippen LogP contribution in [0.25, 0.3) is 16.7 Å². The van der Waals surface area contributed by atoms with Gasteiger partial charge in [-0.2, -0.15) is 9.61 Å². The van der Waals surface area contributed by atoms with Gasteiger partial charge < -0.3 is 9.47 Å². The Bertz CT molecular complexity index is 1370. The first-order valence-electron chi connectivity index (χ1n) is 11.2. The van der Waals surface area contributed by atoms with E-state index >= 15 is 0 Å². The second kappa shape index (κ2) is 8.57. The van der Waals surface area contributed by atoms with Crippen LogP contribution < -0.4 is 10.4 Å². The van der Waals surface area contributed by atoms with E-state index in [0.717, 1.165) is 47.5 Å². The van der Waals surface area contributed by atoms with Gasteiger partial charge >= 0.3 is 5.69 Å². The van der Waals surface area contributed by atoms with Gasteiger partial charge in [0, 0.05) is 25.8 Å². The molecular formula is C24H28N6O3. The van der Waals surface area contributed by atoms with Crippen LogP contribution in [0.1, 0.15) is 30.5 Å². The molecule has 4 aromatic rings. The fourth-order valence-corrected chi connectivity index (χ4v) is 4.77. The van der Waals surface area contributed by atoms with Gasteiger partial charge in [-0.1, -0.05) is 12.1 Å². The third-order valence-electron chi connectivity index (χ3n) is 6.08. The summed E-state index contributed by atoms with van der Waals surface area (Å²) in [6.07, 6.45) is 3.66. The minimum absolute atomic E-state index is 0.198. The summed E-state index contributed by atoms with van der Waals surface area (Å²) in [5.41, 5.74) is 3.92. The van der Waals surface area contributed by atoms with E-state index in [4.69, 9.17) is 14.5 Å². The zero-order valence-corrected chi connectivity index (χ0v) is 19.4. The highest BCUT2D eigenvalue weighted by atomic mass is 16.5. The summed E-state index contributed by atoms with van der Waals surface area (Å²) in [7, 11) is 1.65. The van der Waals surface area contributed by atoms with E-state index in [1.165, 1.54) is 10.8 Å². The van der Waals surface area contributed by atoms with Gasteiger partial charge in [0.05, 0.1) is 31.2 Å². The number of pyridine rings is 1. The van der Waals surface area contributed by atoms with Crippen LogP contribution in [0.5, 0.6) is 5.75 Å². The maximum atomic E-state index is 13.2. The van der Waals surface area contributed by atoms with Crippen LogP contribution in [-0.4, -0.2) is 61.5 Å². The van der Waals surface area contributed by atoms with Crippen molar-refractivity contribution in [3.05, 3.63) is 64.0 Å². The quantitative estimate of drug-likeness (QED) is 0.463. The van der Waals surface area contributed by atoms with Crippen molar-refractivity contribution in [1.29, 1.82) is 0 Å². The molecular weight excluding hydrogens is 420 g/mol. The predicted octanol–water partition coefficient (Wildman–Crippen LogP) is 2.41. The first-order valence-corrected chi connectivity index (χ1v) is 11.2. The molecule has 4 heterocycles. The Balaban J connectivity index is 1.56. The van der Waals surface area contributed by atoms with Crippen molar-refractivity contribution in [1.82, 2.24) is 29.0 Å². The second-order valence-electron chi connectivity index (χ2n) is 8.83. The van der Waals surface area contributed by atoms with Crippen LogP contribution in [0.15, 0.2) is 41.6 Å². The van der Waals surface area contributed by atoms with Crippen LogP contribution in [0.3, 0.4) is 0 Å². The maximum absolute atomic E-state index is 13.2. The number of aryl methyl sites for hydroxylation is 1. The number of ether oxygens (including phenoxy) is 2. The zero-order valence-electron chi connectivity index (χ0n) is 19.4. The van der Waals surface area contributed by atoms with E-state index in [9.17, 15) is 4.79 Å². The van der Waals surface area contributed by atoms with Gasteiger partial charge in [-0.15, -0.1) is 0 Å². The molecule has 3 aromatic heterocycles. The van der Waals surface area contributed by atoms with Crippen LogP contribution in [-0.2, 0) is 17.8 Å². The molecule has 5 rings (SSSR count). The van der Waals surface area contributed by atoms with Crippen molar-refractivity contribution >= 4 is 16.7 Å². The topological polar surface area (TPSA) is 86.8 Å². The number of benzene rings is 1. The molecule has 1 aromatic carbocycles. The number of nitrogens with zero attached hydrogens (tertiary/aromatic N) is 6. The molecule has 9 nitrogen and oxygen atoms in total. The van der Waals surface area contributed by atoms with E-state index in [1.54, 1.807) is 11.7 Å². The Hall–Kier alpha value is -3.30. The third kappa shape index (κ3) is 4.09. The smallest absolute Gasteiger partial charge is 0.352 e. The fourth-order valence-electron chi connectivity index (χ4n) is 4.77. The lowest BCUT2D eigenvalue weighted by molar-refractivity contribution is -0.0705. The van der Waals surface area contributed by atoms with Crippen molar-refractivity contribution in [2.24, 2.45) is 0 Å². The zero-order chi connectivity index (χ0) is 23.1. The summed E-state index contributed by atoms with van der Waals surface area (Å²) in [4.78, 5) is 24.7. The first-order chi connectivity index (χ1) is 15.9. The lowest BCUT2D eigenvalue weighted by atomic mass is 10.1. The monoisotopic (exact) mass is 448 g/mol. The molecule has 2 unspecified atom stereocenters. The van der Waals surface area contributed by atoms with E-state index in [2.05, 4.69) is 34.9 Å². The number of methoxy groups -OCH3 is 1. The Morgan fingerprint density at radius 2 is 1.85 bits per heavy atom. The lowest BCUT2D eigenvalue weighted by Crippen LogP contribution is -2.44. The lowest BCUT2D eigenvalue weighted by Gasteiger charge is -2.35. The summed E-state index contributed by atoms with van der Waals surface area (Å²) in [6.45, 7) is 9.07. The Labute approximate surface area is 191 Å². The van der Waals surface area contributed by atoms with Crippen molar-refractivity contribution in [3.63, 3.8) is 0 Å². The van der Waals surface area contributed by atoms with Crippen molar-refractivity contribution < 1.29 is 9.47 Å². The minimum atomic E-state index is -0.264.